The molecule has 16 heteroatoms. The maximum absolute atomic E-state index is 13.6. The van der Waals surface area contributed by atoms with Crippen molar-refractivity contribution in [1.29, 1.82) is 0 Å². The molecule has 50 heavy (non-hydrogen) atoms. The Kier molecular flexibility index (Phi) is 11.2. The number of amides is 1. The summed E-state index contributed by atoms with van der Waals surface area (Å²) in [7, 11) is 0. The molecule has 1 saturated heterocycles. The van der Waals surface area contributed by atoms with Gasteiger partial charge in [0.1, 0.15) is 0 Å². The number of hydrogen-bond donors (Lipinski definition) is 3. The Morgan fingerprint density at radius 2 is 1.56 bits per heavy atom. The van der Waals surface area contributed by atoms with Gasteiger partial charge in [0, 0.05) is 30.6 Å². The van der Waals surface area contributed by atoms with Crippen LogP contribution in [0.2, 0.25) is 0 Å². The lowest BCUT2D eigenvalue weighted by Crippen LogP contribution is -2.24. The number of aromatic carboxylic acids is 1. The molecule has 8 nitrogen and oxygen atoms in total. The third-order valence-corrected chi connectivity index (χ3v) is 9.07. The van der Waals surface area contributed by atoms with Crippen molar-refractivity contribution in [3.8, 4) is 17.0 Å². The lowest BCUT2D eigenvalue weighted by Gasteiger charge is -2.22. The number of benzene rings is 3. The SMILES string of the molecule is O=C(CCn1c(O)c(C(=CCC2OCCCO2)c2cccc(-c3cc(C(F)(F)F)cc(C(F)(F)F)c3)c2)sc1=S)Nc1ccc(C(=O)O)cc1. The van der Waals surface area contributed by atoms with Crippen LogP contribution in [0.5, 0.6) is 5.88 Å². The van der Waals surface area contributed by atoms with Crippen molar-refractivity contribution in [2.24, 2.45) is 0 Å². The minimum Gasteiger partial charge on any atom is -0.493 e. The number of thiazole rings is 1. The van der Waals surface area contributed by atoms with Crippen LogP contribution in [0, 0.1) is 3.95 Å². The number of aromatic nitrogens is 1. The van der Waals surface area contributed by atoms with Gasteiger partial charge < -0.3 is 25.0 Å². The highest BCUT2D eigenvalue weighted by atomic mass is 32.1. The largest absolute Gasteiger partial charge is 0.493 e. The molecular formula is C34H28F6N2O6S2. The number of carboxylic acids is 1. The normalized spacial score (nSPS) is 14.5. The maximum atomic E-state index is 13.6. The van der Waals surface area contributed by atoms with Crippen LogP contribution in [0.1, 0.15) is 51.2 Å². The molecule has 3 aromatic carbocycles. The van der Waals surface area contributed by atoms with E-state index < -0.39 is 41.6 Å². The summed E-state index contributed by atoms with van der Waals surface area (Å²) in [6.07, 6.45) is -8.26. The Labute approximate surface area is 290 Å². The van der Waals surface area contributed by atoms with Gasteiger partial charge in [-0.2, -0.15) is 26.3 Å². The van der Waals surface area contributed by atoms with Gasteiger partial charge in [0.05, 0.1) is 34.8 Å². The summed E-state index contributed by atoms with van der Waals surface area (Å²) in [4.78, 5) is 24.0. The van der Waals surface area contributed by atoms with Crippen molar-refractivity contribution < 1.29 is 55.6 Å². The summed E-state index contributed by atoms with van der Waals surface area (Å²) in [5.41, 5.74) is -2.04. The van der Waals surface area contributed by atoms with E-state index in [0.717, 1.165) is 11.3 Å². The Hall–Kier alpha value is -4.51. The number of carboxylic acid groups (broad SMARTS) is 1. The molecule has 0 spiro atoms. The van der Waals surface area contributed by atoms with Gasteiger partial charge in [0.15, 0.2) is 10.2 Å². The fourth-order valence-electron chi connectivity index (χ4n) is 5.12. The Bertz CT molecular complexity index is 1930. The zero-order valence-electron chi connectivity index (χ0n) is 25.8. The number of aromatic hydroxyl groups is 1. The lowest BCUT2D eigenvalue weighted by atomic mass is 9.95. The van der Waals surface area contributed by atoms with E-state index in [1.54, 1.807) is 12.1 Å². The fraction of sp³-hybridized carbons (Fsp3) is 0.265. The Morgan fingerprint density at radius 3 is 2.16 bits per heavy atom. The zero-order valence-corrected chi connectivity index (χ0v) is 27.4. The first-order valence-corrected chi connectivity index (χ1v) is 16.2. The Morgan fingerprint density at radius 1 is 0.920 bits per heavy atom. The molecule has 0 bridgehead atoms. The van der Waals surface area contributed by atoms with Crippen molar-refractivity contribution in [3.05, 3.63) is 104 Å². The number of ether oxygens (including phenoxy) is 2. The summed E-state index contributed by atoms with van der Waals surface area (Å²) >= 11 is 6.50. The molecule has 0 aliphatic carbocycles. The number of halogens is 6. The van der Waals surface area contributed by atoms with Gasteiger partial charge in [-0.1, -0.05) is 24.3 Å². The van der Waals surface area contributed by atoms with E-state index in [0.29, 0.717) is 48.6 Å². The van der Waals surface area contributed by atoms with E-state index in [9.17, 15) is 41.0 Å². The quantitative estimate of drug-likeness (QED) is 0.110. The number of carbonyl (C=O) groups excluding carboxylic acids is 1. The second kappa shape index (κ2) is 15.2. The average molecular weight is 739 g/mol. The second-order valence-electron chi connectivity index (χ2n) is 11.1. The van der Waals surface area contributed by atoms with Crippen LogP contribution in [0.15, 0.2) is 72.8 Å². The predicted octanol–water partition coefficient (Wildman–Crippen LogP) is 9.00. The zero-order chi connectivity index (χ0) is 36.2. The molecular weight excluding hydrogens is 711 g/mol. The van der Waals surface area contributed by atoms with E-state index in [1.165, 1.54) is 47.0 Å². The number of rotatable bonds is 10. The van der Waals surface area contributed by atoms with Crippen LogP contribution in [0.4, 0.5) is 32.0 Å². The van der Waals surface area contributed by atoms with Crippen molar-refractivity contribution in [2.45, 2.75) is 44.4 Å². The summed E-state index contributed by atoms with van der Waals surface area (Å²) in [5.74, 6) is -1.87. The van der Waals surface area contributed by atoms with Gasteiger partial charge in [0.2, 0.25) is 11.8 Å². The molecule has 1 fully saturated rings. The monoisotopic (exact) mass is 738 g/mol. The van der Waals surface area contributed by atoms with E-state index in [-0.39, 0.29) is 56.9 Å². The van der Waals surface area contributed by atoms with Crippen molar-refractivity contribution in [3.63, 3.8) is 0 Å². The molecule has 1 amide bonds. The highest BCUT2D eigenvalue weighted by molar-refractivity contribution is 7.73. The van der Waals surface area contributed by atoms with Crippen molar-refractivity contribution in [2.75, 3.05) is 18.5 Å². The number of carbonyl (C=O) groups is 2. The molecule has 3 N–H and O–H groups in total. The molecule has 1 aromatic heterocycles. The predicted molar refractivity (Wildman–Crippen MR) is 175 cm³/mol. The summed E-state index contributed by atoms with van der Waals surface area (Å²) < 4.78 is 94.5. The smallest absolute Gasteiger partial charge is 0.416 e. The first kappa shape index (κ1) is 36.8. The molecule has 264 valence electrons. The maximum Gasteiger partial charge on any atom is 0.416 e. The van der Waals surface area contributed by atoms with Crippen LogP contribution in [-0.4, -0.2) is 46.2 Å². The highest BCUT2D eigenvalue weighted by Gasteiger charge is 2.37. The van der Waals surface area contributed by atoms with Crippen LogP contribution in [0.25, 0.3) is 16.7 Å². The summed E-state index contributed by atoms with van der Waals surface area (Å²) in [6, 6.07) is 12.7. The lowest BCUT2D eigenvalue weighted by molar-refractivity contribution is -0.175. The average Bonchev–Trinajstić information content (AvgIpc) is 3.35. The van der Waals surface area contributed by atoms with E-state index in [4.69, 9.17) is 26.8 Å². The summed E-state index contributed by atoms with van der Waals surface area (Å²) in [6.45, 7) is 0.853. The topological polar surface area (TPSA) is 110 Å². The van der Waals surface area contributed by atoms with Crippen LogP contribution >= 0.6 is 23.6 Å². The molecule has 2 heterocycles. The van der Waals surface area contributed by atoms with Crippen LogP contribution < -0.4 is 5.32 Å². The van der Waals surface area contributed by atoms with Crippen LogP contribution in [-0.2, 0) is 33.2 Å². The number of hydrogen-bond acceptors (Lipinski definition) is 7. The number of alkyl halides is 6. The van der Waals surface area contributed by atoms with Gasteiger partial charge in [0.25, 0.3) is 0 Å². The fourth-order valence-corrected chi connectivity index (χ4v) is 6.52. The van der Waals surface area contributed by atoms with Crippen molar-refractivity contribution in [1.82, 2.24) is 4.57 Å². The molecule has 1 aliphatic rings. The van der Waals surface area contributed by atoms with E-state index in [2.05, 4.69) is 5.32 Å². The third-order valence-electron chi connectivity index (χ3n) is 7.60. The van der Waals surface area contributed by atoms with Gasteiger partial charge >= 0.3 is 18.3 Å². The molecule has 4 aromatic rings. The number of anilines is 1. The minimum absolute atomic E-state index is 0.0434. The van der Waals surface area contributed by atoms with Crippen LogP contribution in [0.3, 0.4) is 0 Å². The molecule has 0 unspecified atom stereocenters. The molecule has 1 aliphatic heterocycles. The minimum atomic E-state index is -5.03. The molecule has 0 atom stereocenters. The van der Waals surface area contributed by atoms with Crippen molar-refractivity contribution >= 4 is 46.7 Å². The number of nitrogens with zero attached hydrogens (tertiary/aromatic N) is 1. The van der Waals surface area contributed by atoms with Gasteiger partial charge in [-0.3, -0.25) is 9.36 Å². The third kappa shape index (κ3) is 8.98. The van der Waals surface area contributed by atoms with Gasteiger partial charge in [-0.15, -0.1) is 11.3 Å². The first-order chi connectivity index (χ1) is 23.6. The molecule has 5 rings (SSSR count). The first-order valence-electron chi connectivity index (χ1n) is 15.0. The second-order valence-corrected chi connectivity index (χ2v) is 12.8. The number of nitrogens with one attached hydrogen (secondary N) is 1. The van der Waals surface area contributed by atoms with E-state index in [1.807, 2.05) is 0 Å². The standard InChI is InChI=1S/C34H28F6N2O6S2/c35-33(36,37)23-16-22(17-24(18-23)34(38,39)40)20-3-1-4-21(15-20)26(9-10-28-47-13-2-14-48-28)29-30(44)42(32(49)50-29)12-11-27(43)41-25-7-5-19(6-8-25)31(45)46/h1,3-9,15-18,28,44H,2,10-14H2,(H,41,43)(H,45,46). The Balaban J connectivity index is 1.47. The van der Waals surface area contributed by atoms with E-state index >= 15 is 0 Å². The van der Waals surface area contributed by atoms with Gasteiger partial charge in [-0.05, 0) is 83.9 Å². The highest BCUT2D eigenvalue weighted by Crippen LogP contribution is 2.41. The van der Waals surface area contributed by atoms with Gasteiger partial charge in [-0.25, -0.2) is 4.79 Å². The molecule has 0 saturated carbocycles. The summed E-state index contributed by atoms with van der Waals surface area (Å²) in [5, 5.41) is 23.1. The molecule has 0 radical (unpaired) electrons.